The van der Waals surface area contributed by atoms with Crippen molar-refractivity contribution in [2.75, 3.05) is 0 Å². The fourth-order valence-corrected chi connectivity index (χ4v) is 5.79. The van der Waals surface area contributed by atoms with E-state index in [-0.39, 0.29) is 34.9 Å². The fraction of sp³-hybridized carbons (Fsp3) is 0.571. The minimum Gasteiger partial charge on any atom is -0.508 e. The lowest BCUT2D eigenvalue weighted by Crippen LogP contribution is -2.60. The second kappa shape index (κ2) is 7.11. The molecule has 4 aliphatic rings. The number of hydrazone groups is 1. The Labute approximate surface area is 164 Å². The molecule has 4 N–H and O–H groups in total. The molecule has 0 unspecified atom stereocenters. The summed E-state index contributed by atoms with van der Waals surface area (Å²) >= 11 is 0. The van der Waals surface area contributed by atoms with Gasteiger partial charge in [-0.2, -0.15) is 5.10 Å². The van der Waals surface area contributed by atoms with Crippen molar-refractivity contribution in [3.8, 4) is 11.5 Å². The minimum absolute atomic E-state index is 0.00682. The van der Waals surface area contributed by atoms with Crippen LogP contribution in [0.3, 0.4) is 0 Å². The highest BCUT2D eigenvalue weighted by Gasteiger charge is 2.51. The van der Waals surface area contributed by atoms with Crippen molar-refractivity contribution in [3.05, 3.63) is 23.8 Å². The summed E-state index contributed by atoms with van der Waals surface area (Å²) in [7, 11) is 0. The maximum Gasteiger partial charge on any atom is 0.275 e. The topological polar surface area (TPSA) is 111 Å². The lowest BCUT2D eigenvalue weighted by molar-refractivity contribution is -0.125. The van der Waals surface area contributed by atoms with Gasteiger partial charge in [-0.1, -0.05) is 0 Å². The maximum absolute atomic E-state index is 12.6. The third kappa shape index (κ3) is 3.84. The van der Waals surface area contributed by atoms with Crippen LogP contribution in [-0.2, 0) is 4.79 Å². The number of carbonyl (C=O) groups excluding carboxylic acids is 2. The van der Waals surface area contributed by atoms with Crippen LogP contribution in [0.2, 0.25) is 0 Å². The third-order valence-electron chi connectivity index (χ3n) is 6.43. The van der Waals surface area contributed by atoms with Gasteiger partial charge in [0.25, 0.3) is 5.91 Å². The van der Waals surface area contributed by atoms with Gasteiger partial charge in [-0.3, -0.25) is 9.59 Å². The molecule has 0 radical (unpaired) electrons. The normalized spacial score (nSPS) is 30.9. The highest BCUT2D eigenvalue weighted by molar-refractivity contribution is 6.02. The maximum atomic E-state index is 12.6. The van der Waals surface area contributed by atoms with E-state index in [0.29, 0.717) is 5.71 Å². The van der Waals surface area contributed by atoms with E-state index >= 15 is 0 Å². The van der Waals surface area contributed by atoms with Gasteiger partial charge >= 0.3 is 0 Å². The van der Waals surface area contributed by atoms with Crippen molar-refractivity contribution < 1.29 is 19.8 Å². The minimum atomic E-state index is -0.599. The van der Waals surface area contributed by atoms with E-state index in [1.165, 1.54) is 31.4 Å². The Bertz CT molecular complexity index is 798. The van der Waals surface area contributed by atoms with Crippen LogP contribution in [0.4, 0.5) is 0 Å². The van der Waals surface area contributed by atoms with E-state index in [0.717, 1.165) is 43.1 Å². The quantitative estimate of drug-likeness (QED) is 0.461. The first-order valence-electron chi connectivity index (χ1n) is 9.98. The number of hydrogen-bond donors (Lipinski definition) is 4. The van der Waals surface area contributed by atoms with Crippen molar-refractivity contribution in [2.45, 2.75) is 57.4 Å². The largest absolute Gasteiger partial charge is 0.508 e. The van der Waals surface area contributed by atoms with Crippen LogP contribution in [0.15, 0.2) is 23.3 Å². The monoisotopic (exact) mass is 385 g/mol. The van der Waals surface area contributed by atoms with E-state index in [1.54, 1.807) is 6.92 Å². The molecule has 4 aliphatic carbocycles. The second-order valence-corrected chi connectivity index (χ2v) is 8.91. The van der Waals surface area contributed by atoms with Gasteiger partial charge in [0.1, 0.15) is 11.5 Å². The Morgan fingerprint density at radius 1 is 1.11 bits per heavy atom. The molecule has 0 aromatic heterocycles. The zero-order valence-corrected chi connectivity index (χ0v) is 16.1. The lowest BCUT2D eigenvalue weighted by atomic mass is 9.53. The Hall–Kier alpha value is -2.57. The number of aromatic hydroxyl groups is 2. The number of hydrogen-bond acceptors (Lipinski definition) is 5. The van der Waals surface area contributed by atoms with Crippen LogP contribution in [0.25, 0.3) is 0 Å². The molecule has 7 nitrogen and oxygen atoms in total. The van der Waals surface area contributed by atoms with Crippen LogP contribution in [0.1, 0.15) is 62.2 Å². The highest BCUT2D eigenvalue weighted by atomic mass is 16.3. The summed E-state index contributed by atoms with van der Waals surface area (Å²) in [4.78, 5) is 24.7. The molecule has 150 valence electrons. The SMILES string of the molecule is C/C(CC(=O)NC12CC3CC(CC(C3)C1)C2)=N/NC(=O)c1ccc(O)cc1O. The Morgan fingerprint density at radius 3 is 2.29 bits per heavy atom. The van der Waals surface area contributed by atoms with Gasteiger partial charge in [0, 0.05) is 17.3 Å². The molecule has 1 aromatic rings. The molecule has 2 amide bonds. The highest BCUT2D eigenvalue weighted by Crippen LogP contribution is 2.55. The molecule has 4 fully saturated rings. The molecule has 28 heavy (non-hydrogen) atoms. The van der Waals surface area contributed by atoms with Crippen LogP contribution >= 0.6 is 0 Å². The smallest absolute Gasteiger partial charge is 0.275 e. The summed E-state index contributed by atoms with van der Waals surface area (Å²) in [5.74, 6) is 1.18. The lowest BCUT2D eigenvalue weighted by Gasteiger charge is -2.56. The van der Waals surface area contributed by atoms with Gasteiger partial charge in [-0.25, -0.2) is 5.43 Å². The van der Waals surface area contributed by atoms with Crippen molar-refractivity contribution in [1.82, 2.24) is 10.7 Å². The molecule has 0 spiro atoms. The Kier molecular flexibility index (Phi) is 4.77. The van der Waals surface area contributed by atoms with Crippen molar-refractivity contribution in [1.29, 1.82) is 0 Å². The number of nitrogens with one attached hydrogen (secondary N) is 2. The van der Waals surface area contributed by atoms with Gasteiger partial charge in [-0.05, 0) is 75.3 Å². The van der Waals surface area contributed by atoms with Crippen LogP contribution in [0.5, 0.6) is 11.5 Å². The molecule has 5 rings (SSSR count). The molecule has 4 bridgehead atoms. The van der Waals surface area contributed by atoms with Crippen LogP contribution in [-0.4, -0.2) is 33.3 Å². The van der Waals surface area contributed by atoms with Gasteiger partial charge in [-0.15, -0.1) is 0 Å². The van der Waals surface area contributed by atoms with Crippen LogP contribution in [0, 0.1) is 17.8 Å². The first-order chi connectivity index (χ1) is 13.3. The molecule has 0 atom stereocenters. The van der Waals surface area contributed by atoms with Crippen molar-refractivity contribution >= 4 is 17.5 Å². The van der Waals surface area contributed by atoms with Gasteiger partial charge in [0.15, 0.2) is 0 Å². The summed E-state index contributed by atoms with van der Waals surface area (Å²) in [6.45, 7) is 1.69. The first-order valence-corrected chi connectivity index (χ1v) is 9.98. The standard InChI is InChI=1S/C21H27N3O4/c1-12(23-24-20(28)17-3-2-16(25)8-18(17)26)4-19(27)22-21-9-13-5-14(10-21)7-15(6-13)11-21/h2-3,8,13-15,25-26H,4-7,9-11H2,1H3,(H,22,27)(H,24,28)/b23-12-. The fourth-order valence-electron chi connectivity index (χ4n) is 5.79. The Balaban J connectivity index is 1.32. The molecule has 0 saturated heterocycles. The van der Waals surface area contributed by atoms with Crippen LogP contribution < -0.4 is 10.7 Å². The summed E-state index contributed by atoms with van der Waals surface area (Å²) in [5.41, 5.74) is 2.82. The van der Waals surface area contributed by atoms with Gasteiger partial charge < -0.3 is 15.5 Å². The third-order valence-corrected chi connectivity index (χ3v) is 6.43. The summed E-state index contributed by atoms with van der Waals surface area (Å²) in [6.07, 6.45) is 7.39. The van der Waals surface area contributed by atoms with E-state index in [2.05, 4.69) is 15.8 Å². The van der Waals surface area contributed by atoms with Crippen molar-refractivity contribution in [2.24, 2.45) is 22.9 Å². The molecule has 1 aromatic carbocycles. The second-order valence-electron chi connectivity index (χ2n) is 8.91. The predicted octanol–water partition coefficient (Wildman–Crippen LogP) is 2.68. The van der Waals surface area contributed by atoms with E-state index in [4.69, 9.17) is 0 Å². The first kappa shape index (κ1) is 18.8. The molecular weight excluding hydrogens is 358 g/mol. The molecular formula is C21H27N3O4. The summed E-state index contributed by atoms with van der Waals surface area (Å²) in [6, 6.07) is 3.71. The average molecular weight is 385 g/mol. The number of rotatable bonds is 5. The molecule has 7 heteroatoms. The zero-order valence-electron chi connectivity index (χ0n) is 16.1. The Morgan fingerprint density at radius 2 is 1.71 bits per heavy atom. The van der Waals surface area contributed by atoms with Gasteiger partial charge in [0.2, 0.25) is 5.91 Å². The van der Waals surface area contributed by atoms with E-state index in [9.17, 15) is 19.8 Å². The van der Waals surface area contributed by atoms with Crippen molar-refractivity contribution in [3.63, 3.8) is 0 Å². The number of benzene rings is 1. The van der Waals surface area contributed by atoms with E-state index in [1.807, 2.05) is 0 Å². The zero-order chi connectivity index (χ0) is 19.9. The molecule has 0 aliphatic heterocycles. The molecule has 0 heterocycles. The van der Waals surface area contributed by atoms with E-state index < -0.39 is 5.91 Å². The predicted molar refractivity (Wildman–Crippen MR) is 104 cm³/mol. The number of phenolic OH excluding ortho intramolecular Hbond substituents is 2. The summed E-state index contributed by atoms with van der Waals surface area (Å²) < 4.78 is 0. The number of carbonyl (C=O) groups is 2. The molecule has 4 saturated carbocycles. The average Bonchev–Trinajstić information content (AvgIpc) is 2.57. The van der Waals surface area contributed by atoms with Gasteiger partial charge in [0.05, 0.1) is 12.0 Å². The number of amides is 2. The summed E-state index contributed by atoms with van der Waals surface area (Å²) in [5, 5.41) is 26.3. The number of nitrogens with zero attached hydrogens (tertiary/aromatic N) is 1. The number of phenols is 2.